The Morgan fingerprint density at radius 3 is 2.47 bits per heavy atom. The molecule has 0 radical (unpaired) electrons. The first-order valence-corrected chi connectivity index (χ1v) is 9.83. The van der Waals surface area contributed by atoms with Crippen LogP contribution in [0.1, 0.15) is 17.2 Å². The third-order valence-corrected chi connectivity index (χ3v) is 5.46. The zero-order valence-electron chi connectivity index (χ0n) is 17.0. The van der Waals surface area contributed by atoms with Gasteiger partial charge in [0.1, 0.15) is 11.5 Å². The monoisotopic (exact) mass is 430 g/mol. The van der Waals surface area contributed by atoms with E-state index in [0.29, 0.717) is 34.1 Å². The third-order valence-electron chi connectivity index (χ3n) is 5.46. The number of anilines is 1. The molecule has 3 aromatic rings. The molecule has 160 valence electrons. The topological polar surface area (TPSA) is 98.2 Å². The average Bonchev–Trinajstić information content (AvgIpc) is 3.41. The minimum Gasteiger partial charge on any atom is -0.507 e. The van der Waals surface area contributed by atoms with Gasteiger partial charge >= 0.3 is 0 Å². The van der Waals surface area contributed by atoms with Gasteiger partial charge in [0.2, 0.25) is 6.79 Å². The zero-order chi connectivity index (χ0) is 22.2. The summed E-state index contributed by atoms with van der Waals surface area (Å²) in [4.78, 5) is 31.7. The van der Waals surface area contributed by atoms with Gasteiger partial charge in [0.25, 0.3) is 11.7 Å². The number of fused-ring (bicyclic) bond motifs is 1. The minimum absolute atomic E-state index is 0.0102. The molecule has 2 aromatic carbocycles. The summed E-state index contributed by atoms with van der Waals surface area (Å²) < 4.78 is 15.9. The maximum absolute atomic E-state index is 13.2. The maximum Gasteiger partial charge on any atom is 0.300 e. The molecule has 1 saturated heterocycles. The number of benzene rings is 2. The molecule has 0 spiro atoms. The Hall–Kier alpha value is -4.33. The number of aromatic nitrogens is 1. The molecular weight excluding hydrogens is 412 g/mol. The lowest BCUT2D eigenvalue weighted by molar-refractivity contribution is -0.132. The van der Waals surface area contributed by atoms with Crippen LogP contribution in [-0.4, -0.2) is 35.7 Å². The molecule has 32 heavy (non-hydrogen) atoms. The number of carbonyl (C=O) groups is 2. The van der Waals surface area contributed by atoms with Crippen molar-refractivity contribution < 1.29 is 28.9 Å². The van der Waals surface area contributed by atoms with E-state index in [1.165, 1.54) is 12.0 Å². The number of rotatable bonds is 4. The molecular formula is C24H18N2O6. The number of hydrogen-bond acceptors (Lipinski definition) is 7. The van der Waals surface area contributed by atoms with Crippen molar-refractivity contribution in [1.29, 1.82) is 0 Å². The van der Waals surface area contributed by atoms with Gasteiger partial charge in [-0.3, -0.25) is 19.5 Å². The van der Waals surface area contributed by atoms with Crippen LogP contribution in [0.2, 0.25) is 0 Å². The number of carbonyl (C=O) groups excluding carboxylic acids is 2. The SMILES string of the molecule is COc1ccc(/C(O)=C2\C(=O)C(=O)N(c3ccc4c(c3)OCO4)C2c2ccncc2)cc1. The van der Waals surface area contributed by atoms with Gasteiger partial charge in [0.05, 0.1) is 18.7 Å². The van der Waals surface area contributed by atoms with E-state index >= 15 is 0 Å². The molecule has 2 aliphatic heterocycles. The van der Waals surface area contributed by atoms with E-state index in [2.05, 4.69) is 4.98 Å². The first-order valence-electron chi connectivity index (χ1n) is 9.83. The summed E-state index contributed by atoms with van der Waals surface area (Å²) in [6, 6.07) is 14.2. The fraction of sp³-hybridized carbons (Fsp3) is 0.125. The Labute approximate surface area is 183 Å². The predicted octanol–water partition coefficient (Wildman–Crippen LogP) is 3.45. The standard InChI is InChI=1S/C24H18N2O6/c1-30-17-5-2-15(3-6-17)22(27)20-21(14-8-10-25-11-9-14)26(24(29)23(20)28)16-4-7-18-19(12-16)32-13-31-18/h2-12,21,27H,13H2,1H3/b22-20+. The van der Waals surface area contributed by atoms with Gasteiger partial charge in [-0.15, -0.1) is 0 Å². The molecule has 1 amide bonds. The summed E-state index contributed by atoms with van der Waals surface area (Å²) >= 11 is 0. The highest BCUT2D eigenvalue weighted by Crippen LogP contribution is 2.44. The van der Waals surface area contributed by atoms with E-state index in [9.17, 15) is 14.7 Å². The van der Waals surface area contributed by atoms with Crippen LogP contribution < -0.4 is 19.1 Å². The largest absolute Gasteiger partial charge is 0.507 e. The molecule has 0 aliphatic carbocycles. The van der Waals surface area contributed by atoms with Crippen LogP contribution in [0.25, 0.3) is 5.76 Å². The van der Waals surface area contributed by atoms with Gasteiger partial charge in [0.15, 0.2) is 11.5 Å². The van der Waals surface area contributed by atoms with E-state index in [-0.39, 0.29) is 18.1 Å². The van der Waals surface area contributed by atoms with Crippen LogP contribution in [0.15, 0.2) is 72.6 Å². The average molecular weight is 430 g/mol. The Bertz CT molecular complexity index is 1240. The molecule has 0 saturated carbocycles. The van der Waals surface area contributed by atoms with Crippen LogP contribution in [0.4, 0.5) is 5.69 Å². The second-order valence-corrected chi connectivity index (χ2v) is 7.22. The van der Waals surface area contributed by atoms with Crippen molar-refractivity contribution >= 4 is 23.1 Å². The van der Waals surface area contributed by atoms with Crippen LogP contribution in [0.3, 0.4) is 0 Å². The Kier molecular flexibility index (Phi) is 4.74. The van der Waals surface area contributed by atoms with Gasteiger partial charge in [-0.1, -0.05) is 0 Å². The molecule has 3 heterocycles. The number of pyridine rings is 1. The van der Waals surface area contributed by atoms with Crippen molar-refractivity contribution in [1.82, 2.24) is 4.98 Å². The lowest BCUT2D eigenvalue weighted by Gasteiger charge is -2.25. The van der Waals surface area contributed by atoms with Gasteiger partial charge in [-0.05, 0) is 54.1 Å². The molecule has 1 fully saturated rings. The minimum atomic E-state index is -0.847. The van der Waals surface area contributed by atoms with Crippen molar-refractivity contribution in [3.05, 3.63) is 83.7 Å². The molecule has 5 rings (SSSR count). The molecule has 1 N–H and O–H groups in total. The number of hydrogen-bond donors (Lipinski definition) is 1. The molecule has 8 nitrogen and oxygen atoms in total. The Morgan fingerprint density at radius 2 is 1.75 bits per heavy atom. The summed E-state index contributed by atoms with van der Waals surface area (Å²) in [5, 5.41) is 11.1. The number of aliphatic hydroxyl groups is 1. The molecule has 1 atom stereocenters. The second-order valence-electron chi connectivity index (χ2n) is 7.22. The maximum atomic E-state index is 13.2. The number of amides is 1. The first kappa shape index (κ1) is 19.6. The smallest absolute Gasteiger partial charge is 0.300 e. The predicted molar refractivity (Wildman–Crippen MR) is 115 cm³/mol. The van der Waals surface area contributed by atoms with Crippen LogP contribution in [-0.2, 0) is 9.59 Å². The summed E-state index contributed by atoms with van der Waals surface area (Å²) in [6.07, 6.45) is 3.14. The number of methoxy groups -OCH3 is 1. The van der Waals surface area contributed by atoms with Crippen molar-refractivity contribution in [2.45, 2.75) is 6.04 Å². The lowest BCUT2D eigenvalue weighted by Crippen LogP contribution is -2.29. The molecule has 8 heteroatoms. The summed E-state index contributed by atoms with van der Waals surface area (Å²) in [6.45, 7) is 0.0862. The van der Waals surface area contributed by atoms with Crippen LogP contribution in [0, 0.1) is 0 Å². The normalized spacial score (nSPS) is 18.8. The first-order chi connectivity index (χ1) is 15.6. The van der Waals surface area contributed by atoms with E-state index in [4.69, 9.17) is 14.2 Å². The van der Waals surface area contributed by atoms with E-state index in [0.717, 1.165) is 0 Å². The van der Waals surface area contributed by atoms with E-state index in [1.807, 2.05) is 0 Å². The highest BCUT2D eigenvalue weighted by Gasteiger charge is 2.47. The van der Waals surface area contributed by atoms with Crippen molar-refractivity contribution in [2.75, 3.05) is 18.8 Å². The number of nitrogens with zero attached hydrogens (tertiary/aromatic N) is 2. The van der Waals surface area contributed by atoms with Gasteiger partial charge in [0, 0.05) is 29.7 Å². The Balaban J connectivity index is 1.67. The molecule has 2 aliphatic rings. The van der Waals surface area contributed by atoms with Gasteiger partial charge in [-0.2, -0.15) is 0 Å². The number of Topliss-reactive ketones (excluding diaryl/α,β-unsaturated/α-hetero) is 1. The summed E-state index contributed by atoms with van der Waals surface area (Å²) in [5.41, 5.74) is 1.47. The second kappa shape index (κ2) is 7.73. The molecule has 1 unspecified atom stereocenters. The van der Waals surface area contributed by atoms with E-state index in [1.54, 1.807) is 67.0 Å². The van der Waals surface area contributed by atoms with Gasteiger partial charge in [-0.25, -0.2) is 0 Å². The summed E-state index contributed by atoms with van der Waals surface area (Å²) in [5.74, 6) is -0.153. The number of ketones is 1. The quantitative estimate of drug-likeness (QED) is 0.385. The number of aliphatic hydroxyl groups excluding tert-OH is 1. The molecule has 0 bridgehead atoms. The summed E-state index contributed by atoms with van der Waals surface area (Å²) in [7, 11) is 1.54. The lowest BCUT2D eigenvalue weighted by atomic mass is 9.95. The highest BCUT2D eigenvalue weighted by atomic mass is 16.7. The highest BCUT2D eigenvalue weighted by molar-refractivity contribution is 6.51. The van der Waals surface area contributed by atoms with Gasteiger partial charge < -0.3 is 19.3 Å². The van der Waals surface area contributed by atoms with Crippen molar-refractivity contribution in [2.24, 2.45) is 0 Å². The zero-order valence-corrected chi connectivity index (χ0v) is 17.0. The van der Waals surface area contributed by atoms with Crippen LogP contribution in [0.5, 0.6) is 17.2 Å². The Morgan fingerprint density at radius 1 is 1.03 bits per heavy atom. The fourth-order valence-corrected chi connectivity index (χ4v) is 3.90. The molecule has 1 aromatic heterocycles. The third kappa shape index (κ3) is 3.13. The number of ether oxygens (including phenoxy) is 3. The van der Waals surface area contributed by atoms with E-state index < -0.39 is 17.7 Å². The van der Waals surface area contributed by atoms with Crippen LogP contribution >= 0.6 is 0 Å². The van der Waals surface area contributed by atoms with Crippen molar-refractivity contribution in [3.63, 3.8) is 0 Å². The fourth-order valence-electron chi connectivity index (χ4n) is 3.90. The van der Waals surface area contributed by atoms with Crippen molar-refractivity contribution in [3.8, 4) is 17.2 Å².